The molecule has 1 aliphatic carbocycles. The van der Waals surface area contributed by atoms with Crippen molar-refractivity contribution in [1.29, 1.82) is 0 Å². The van der Waals surface area contributed by atoms with E-state index in [0.717, 1.165) is 18.4 Å². The number of nitrogens with zero attached hydrogens (tertiary/aromatic N) is 6. The average Bonchev–Trinajstić information content (AvgIpc) is 3.66. The lowest BCUT2D eigenvalue weighted by molar-refractivity contribution is -0.291. The van der Waals surface area contributed by atoms with Gasteiger partial charge in [0.05, 0.1) is 16.3 Å². The molecule has 1 saturated carbocycles. The predicted octanol–water partition coefficient (Wildman–Crippen LogP) is 4.81. The number of imidazole rings is 1. The molecule has 5 rings (SSSR count). The van der Waals surface area contributed by atoms with Gasteiger partial charge in [-0.15, -0.1) is 10.2 Å². The van der Waals surface area contributed by atoms with Crippen LogP contribution in [0.15, 0.2) is 41.6 Å². The summed E-state index contributed by atoms with van der Waals surface area (Å²) in [6, 6.07) is 5.65. The van der Waals surface area contributed by atoms with Gasteiger partial charge in [0.1, 0.15) is 16.9 Å². The number of fused-ring (bicyclic) bond motifs is 1. The minimum atomic E-state index is -5.88. The SMILES string of the molecule is CCS(=O)(=O)c1cc(-c2ncccc2C2CC2)cnc1-c1nc2cc(C(F)(F)C(F)(F)F)nnc2n1C. The minimum Gasteiger partial charge on any atom is -0.309 e. The molecule has 4 heterocycles. The van der Waals surface area contributed by atoms with Crippen LogP contribution in [0.4, 0.5) is 22.0 Å². The first kappa shape index (κ1) is 25.1. The first-order chi connectivity index (χ1) is 17.3. The third-order valence-electron chi connectivity index (χ3n) is 6.20. The van der Waals surface area contributed by atoms with Crippen molar-refractivity contribution in [2.45, 2.75) is 42.7 Å². The molecule has 14 heteroatoms. The summed E-state index contributed by atoms with van der Waals surface area (Å²) in [4.78, 5) is 12.7. The van der Waals surface area contributed by atoms with Crippen molar-refractivity contribution in [3.05, 3.63) is 47.9 Å². The lowest BCUT2D eigenvalue weighted by Gasteiger charge is -2.17. The van der Waals surface area contributed by atoms with E-state index >= 15 is 0 Å². The molecule has 0 atom stereocenters. The van der Waals surface area contributed by atoms with E-state index in [4.69, 9.17) is 0 Å². The Balaban J connectivity index is 1.68. The summed E-state index contributed by atoms with van der Waals surface area (Å²) in [7, 11) is -2.47. The Kier molecular flexibility index (Phi) is 5.77. The summed E-state index contributed by atoms with van der Waals surface area (Å²) in [6.45, 7) is 1.45. The highest BCUT2D eigenvalue weighted by Crippen LogP contribution is 2.45. The van der Waals surface area contributed by atoms with Crippen LogP contribution in [0.5, 0.6) is 0 Å². The number of alkyl halides is 5. The highest BCUT2D eigenvalue weighted by atomic mass is 32.2. The fourth-order valence-corrected chi connectivity index (χ4v) is 5.07. The molecule has 1 fully saturated rings. The van der Waals surface area contributed by atoms with E-state index in [1.54, 1.807) is 12.3 Å². The molecule has 0 N–H and O–H groups in total. The van der Waals surface area contributed by atoms with Crippen molar-refractivity contribution in [1.82, 2.24) is 29.7 Å². The molecular formula is C23H19F5N6O2S. The molecule has 0 radical (unpaired) electrons. The minimum absolute atomic E-state index is 0.0845. The van der Waals surface area contributed by atoms with Crippen LogP contribution in [0.1, 0.15) is 36.9 Å². The molecule has 0 aromatic carbocycles. The third kappa shape index (κ3) is 4.22. The van der Waals surface area contributed by atoms with Crippen LogP contribution in [-0.2, 0) is 22.8 Å². The standard InChI is InChI=1S/C23H19F5N6O2S/c1-3-37(35,36)16-9-13(18-14(12-6-7-12)5-4-8-29-18)11-30-19(16)21-31-15-10-17(22(24,25)23(26,27)28)32-33-20(15)34(21)2/h4-5,8-12H,3,6-7H2,1-2H3. The number of aryl methyl sites for hydroxylation is 1. The Morgan fingerprint density at radius 1 is 1.05 bits per heavy atom. The van der Waals surface area contributed by atoms with Crippen molar-refractivity contribution in [3.8, 4) is 22.8 Å². The normalized spacial score (nSPS) is 14.9. The van der Waals surface area contributed by atoms with Gasteiger partial charge in [0, 0.05) is 25.0 Å². The van der Waals surface area contributed by atoms with Gasteiger partial charge in [-0.1, -0.05) is 13.0 Å². The van der Waals surface area contributed by atoms with Crippen molar-refractivity contribution in [2.75, 3.05) is 5.75 Å². The molecular weight excluding hydrogens is 519 g/mol. The van der Waals surface area contributed by atoms with Crippen LogP contribution in [-0.4, -0.2) is 50.1 Å². The molecule has 194 valence electrons. The zero-order chi connectivity index (χ0) is 26.8. The van der Waals surface area contributed by atoms with Crippen LogP contribution in [0.25, 0.3) is 33.9 Å². The Morgan fingerprint density at radius 3 is 2.43 bits per heavy atom. The van der Waals surface area contributed by atoms with E-state index in [-0.39, 0.29) is 33.3 Å². The lowest BCUT2D eigenvalue weighted by Crippen LogP contribution is -2.34. The summed E-state index contributed by atoms with van der Waals surface area (Å²) in [6.07, 6.45) is -0.841. The van der Waals surface area contributed by atoms with Gasteiger partial charge in [-0.3, -0.25) is 9.97 Å². The second kappa shape index (κ2) is 8.50. The van der Waals surface area contributed by atoms with Crippen molar-refractivity contribution in [2.24, 2.45) is 7.05 Å². The zero-order valence-corrected chi connectivity index (χ0v) is 20.3. The predicted molar refractivity (Wildman–Crippen MR) is 122 cm³/mol. The molecule has 37 heavy (non-hydrogen) atoms. The first-order valence-corrected chi connectivity index (χ1v) is 12.8. The second-order valence-electron chi connectivity index (χ2n) is 8.69. The quantitative estimate of drug-likeness (QED) is 0.325. The maximum atomic E-state index is 13.8. The monoisotopic (exact) mass is 538 g/mol. The van der Waals surface area contributed by atoms with Crippen molar-refractivity contribution >= 4 is 21.0 Å². The second-order valence-corrected chi connectivity index (χ2v) is 10.9. The molecule has 0 unspecified atom stereocenters. The van der Waals surface area contributed by atoms with Crippen LogP contribution >= 0.6 is 0 Å². The van der Waals surface area contributed by atoms with E-state index < -0.39 is 27.6 Å². The summed E-state index contributed by atoms with van der Waals surface area (Å²) in [5, 5.41) is 6.56. The number of hydrogen-bond acceptors (Lipinski definition) is 7. The van der Waals surface area contributed by atoms with Crippen LogP contribution < -0.4 is 0 Å². The maximum absolute atomic E-state index is 13.8. The number of pyridine rings is 2. The Hall–Kier alpha value is -3.55. The molecule has 4 aromatic rings. The fraction of sp³-hybridized carbons (Fsp3) is 0.348. The maximum Gasteiger partial charge on any atom is 0.459 e. The smallest absolute Gasteiger partial charge is 0.309 e. The molecule has 1 aliphatic rings. The Bertz CT molecular complexity index is 1630. The highest BCUT2D eigenvalue weighted by Gasteiger charge is 2.60. The summed E-state index contributed by atoms with van der Waals surface area (Å²) < 4.78 is 93.5. The molecule has 0 aliphatic heterocycles. The van der Waals surface area contributed by atoms with Crippen molar-refractivity contribution in [3.63, 3.8) is 0 Å². The largest absolute Gasteiger partial charge is 0.459 e. The van der Waals surface area contributed by atoms with Gasteiger partial charge in [-0.2, -0.15) is 22.0 Å². The highest BCUT2D eigenvalue weighted by molar-refractivity contribution is 7.91. The number of hydrogen-bond donors (Lipinski definition) is 0. The molecule has 0 amide bonds. The summed E-state index contributed by atoms with van der Waals surface area (Å²) >= 11 is 0. The van der Waals surface area contributed by atoms with Gasteiger partial charge in [0.2, 0.25) is 0 Å². The van der Waals surface area contributed by atoms with E-state index in [0.29, 0.717) is 23.2 Å². The average molecular weight is 539 g/mol. The van der Waals surface area contributed by atoms with Crippen LogP contribution in [0.2, 0.25) is 0 Å². The fourth-order valence-electron chi connectivity index (χ4n) is 4.01. The molecule has 8 nitrogen and oxygen atoms in total. The number of rotatable bonds is 6. The van der Waals surface area contributed by atoms with Gasteiger partial charge >= 0.3 is 12.1 Å². The van der Waals surface area contributed by atoms with Crippen LogP contribution in [0.3, 0.4) is 0 Å². The van der Waals surface area contributed by atoms with Crippen molar-refractivity contribution < 1.29 is 30.4 Å². The first-order valence-electron chi connectivity index (χ1n) is 11.2. The van der Waals surface area contributed by atoms with Gasteiger partial charge < -0.3 is 4.57 Å². The van der Waals surface area contributed by atoms with Gasteiger partial charge in [-0.05, 0) is 42.5 Å². The number of sulfone groups is 1. The lowest BCUT2D eigenvalue weighted by atomic mass is 10.0. The summed E-state index contributed by atoms with van der Waals surface area (Å²) in [5.41, 5.74) is -0.103. The van der Waals surface area contributed by atoms with Gasteiger partial charge in [0.15, 0.2) is 21.3 Å². The van der Waals surface area contributed by atoms with E-state index in [2.05, 4.69) is 25.1 Å². The summed E-state index contributed by atoms with van der Waals surface area (Å²) in [5.74, 6) is -5.27. The zero-order valence-electron chi connectivity index (χ0n) is 19.5. The Morgan fingerprint density at radius 2 is 1.78 bits per heavy atom. The van der Waals surface area contributed by atoms with E-state index in [1.165, 1.54) is 30.8 Å². The van der Waals surface area contributed by atoms with Gasteiger partial charge in [-0.25, -0.2) is 13.4 Å². The Labute approximate surface area is 207 Å². The molecule has 0 spiro atoms. The molecule has 0 saturated heterocycles. The topological polar surface area (TPSA) is 104 Å². The number of aromatic nitrogens is 6. The molecule has 4 aromatic heterocycles. The third-order valence-corrected chi connectivity index (χ3v) is 7.95. The molecule has 0 bridgehead atoms. The van der Waals surface area contributed by atoms with E-state index in [1.807, 2.05) is 6.07 Å². The van der Waals surface area contributed by atoms with Gasteiger partial charge in [0.25, 0.3) is 0 Å². The van der Waals surface area contributed by atoms with E-state index in [9.17, 15) is 30.4 Å². The van der Waals surface area contributed by atoms with Crippen LogP contribution in [0, 0.1) is 0 Å². The number of halogens is 5.